The summed E-state index contributed by atoms with van der Waals surface area (Å²) in [5.74, 6) is 0.464. The molecule has 6 heteroatoms. The number of thioether (sulfide) groups is 1. The summed E-state index contributed by atoms with van der Waals surface area (Å²) in [6, 6.07) is 12.6. The minimum absolute atomic E-state index is 0.178. The number of carbonyl (C=O) groups excluding carboxylic acids is 2. The van der Waals surface area contributed by atoms with Crippen molar-refractivity contribution in [2.75, 3.05) is 11.1 Å². The highest BCUT2D eigenvalue weighted by Gasteiger charge is 2.07. The van der Waals surface area contributed by atoms with Crippen molar-refractivity contribution in [2.24, 2.45) is 5.73 Å². The Morgan fingerprint density at radius 1 is 1.17 bits per heavy atom. The number of rotatable bonds is 6. The summed E-state index contributed by atoms with van der Waals surface area (Å²) < 4.78 is 0. The highest BCUT2D eigenvalue weighted by atomic mass is 35.5. The van der Waals surface area contributed by atoms with E-state index in [1.165, 1.54) is 11.8 Å². The molecule has 120 valence electrons. The fourth-order valence-corrected chi connectivity index (χ4v) is 2.80. The average Bonchev–Trinajstić information content (AvgIpc) is 2.51. The molecule has 0 bridgehead atoms. The van der Waals surface area contributed by atoms with Crippen molar-refractivity contribution in [3.63, 3.8) is 0 Å². The van der Waals surface area contributed by atoms with E-state index in [-0.39, 0.29) is 17.6 Å². The third-order valence-corrected chi connectivity index (χ3v) is 4.60. The Labute approximate surface area is 144 Å². The van der Waals surface area contributed by atoms with Crippen LogP contribution in [0.25, 0.3) is 0 Å². The number of carbonyl (C=O) groups is 2. The fraction of sp³-hybridized carbons (Fsp3) is 0.176. The van der Waals surface area contributed by atoms with Crippen LogP contribution in [0.15, 0.2) is 42.5 Å². The summed E-state index contributed by atoms with van der Waals surface area (Å²) in [5.41, 5.74) is 8.32. The van der Waals surface area contributed by atoms with E-state index in [4.69, 9.17) is 17.3 Å². The molecule has 0 fully saturated rings. The highest BCUT2D eigenvalue weighted by molar-refractivity contribution is 7.99. The number of halogens is 1. The van der Waals surface area contributed by atoms with Gasteiger partial charge in [-0.25, -0.2) is 0 Å². The second kappa shape index (κ2) is 8.04. The maximum absolute atomic E-state index is 12.2. The van der Waals surface area contributed by atoms with E-state index < -0.39 is 0 Å². The molecule has 0 aliphatic rings. The summed E-state index contributed by atoms with van der Waals surface area (Å²) in [4.78, 5) is 22.9. The van der Waals surface area contributed by atoms with Gasteiger partial charge in [0.25, 0.3) is 5.91 Å². The number of nitrogens with two attached hydrogens (primary N) is 1. The maximum Gasteiger partial charge on any atom is 0.255 e. The molecule has 2 aromatic rings. The Kier molecular flexibility index (Phi) is 6.07. The van der Waals surface area contributed by atoms with Crippen LogP contribution in [0.5, 0.6) is 0 Å². The number of anilines is 1. The Bertz CT molecular complexity index is 717. The van der Waals surface area contributed by atoms with Gasteiger partial charge in [-0.05, 0) is 48.4 Å². The molecule has 2 amide bonds. The van der Waals surface area contributed by atoms with E-state index in [2.05, 4.69) is 5.32 Å². The number of hydrogen-bond acceptors (Lipinski definition) is 3. The molecule has 0 heterocycles. The normalized spacial score (nSPS) is 10.3. The Morgan fingerprint density at radius 3 is 2.48 bits per heavy atom. The van der Waals surface area contributed by atoms with Crippen LogP contribution in [0.2, 0.25) is 5.02 Å². The first-order valence-corrected chi connectivity index (χ1v) is 8.51. The van der Waals surface area contributed by atoms with Crippen molar-refractivity contribution in [3.05, 3.63) is 64.2 Å². The van der Waals surface area contributed by atoms with Crippen LogP contribution in [0, 0.1) is 6.92 Å². The lowest BCUT2D eigenvalue weighted by Crippen LogP contribution is -2.13. The Balaban J connectivity index is 1.96. The van der Waals surface area contributed by atoms with Crippen LogP contribution in [0.1, 0.15) is 21.5 Å². The maximum atomic E-state index is 12.2. The van der Waals surface area contributed by atoms with Gasteiger partial charge in [-0.2, -0.15) is 0 Å². The first kappa shape index (κ1) is 17.4. The van der Waals surface area contributed by atoms with Gasteiger partial charge in [-0.1, -0.05) is 23.7 Å². The highest BCUT2D eigenvalue weighted by Crippen LogP contribution is 2.20. The summed E-state index contributed by atoms with van der Waals surface area (Å²) in [6.45, 7) is 1.89. The predicted octanol–water partition coefficient (Wildman–Crippen LogP) is 3.62. The third kappa shape index (κ3) is 5.30. The lowest BCUT2D eigenvalue weighted by molar-refractivity contribution is -0.115. The topological polar surface area (TPSA) is 72.2 Å². The van der Waals surface area contributed by atoms with Gasteiger partial charge >= 0.3 is 0 Å². The second-order valence-electron chi connectivity index (χ2n) is 5.07. The number of benzene rings is 2. The molecule has 0 unspecified atom stereocenters. The zero-order valence-electron chi connectivity index (χ0n) is 12.6. The van der Waals surface area contributed by atoms with Crippen molar-refractivity contribution in [1.82, 2.24) is 0 Å². The predicted molar refractivity (Wildman–Crippen MR) is 95.9 cm³/mol. The molecular formula is C17H17ClN2O2S. The SMILES string of the molecule is Cc1cc(NC(=O)c2ccc(CSCC(N)=O)cc2)ccc1Cl. The molecule has 0 saturated carbocycles. The molecule has 0 saturated heterocycles. The monoisotopic (exact) mass is 348 g/mol. The lowest BCUT2D eigenvalue weighted by Gasteiger charge is -2.08. The van der Waals surface area contributed by atoms with E-state index in [0.717, 1.165) is 11.1 Å². The Morgan fingerprint density at radius 2 is 1.87 bits per heavy atom. The van der Waals surface area contributed by atoms with Crippen LogP contribution in [0.3, 0.4) is 0 Å². The third-order valence-electron chi connectivity index (χ3n) is 3.14. The van der Waals surface area contributed by atoms with E-state index in [1.807, 2.05) is 25.1 Å². The summed E-state index contributed by atoms with van der Waals surface area (Å²) in [7, 11) is 0. The summed E-state index contributed by atoms with van der Waals surface area (Å²) >= 11 is 7.42. The van der Waals surface area contributed by atoms with E-state index in [1.54, 1.807) is 24.3 Å². The largest absolute Gasteiger partial charge is 0.369 e. The van der Waals surface area contributed by atoms with Crippen LogP contribution in [-0.4, -0.2) is 17.6 Å². The van der Waals surface area contributed by atoms with Gasteiger partial charge < -0.3 is 11.1 Å². The van der Waals surface area contributed by atoms with Crippen molar-refractivity contribution in [2.45, 2.75) is 12.7 Å². The molecule has 3 N–H and O–H groups in total. The average molecular weight is 349 g/mol. The summed E-state index contributed by atoms with van der Waals surface area (Å²) in [5, 5.41) is 3.51. The smallest absolute Gasteiger partial charge is 0.255 e. The molecule has 0 aliphatic carbocycles. The van der Waals surface area contributed by atoms with Gasteiger partial charge in [0.1, 0.15) is 0 Å². The number of nitrogens with one attached hydrogen (secondary N) is 1. The van der Waals surface area contributed by atoms with Crippen molar-refractivity contribution < 1.29 is 9.59 Å². The van der Waals surface area contributed by atoms with Gasteiger partial charge in [0, 0.05) is 22.0 Å². The van der Waals surface area contributed by atoms with Crippen LogP contribution >= 0.6 is 23.4 Å². The van der Waals surface area contributed by atoms with Crippen molar-refractivity contribution in [3.8, 4) is 0 Å². The lowest BCUT2D eigenvalue weighted by atomic mass is 10.1. The molecule has 0 radical (unpaired) electrons. The molecule has 0 spiro atoms. The quantitative estimate of drug-likeness (QED) is 0.837. The van der Waals surface area contributed by atoms with E-state index >= 15 is 0 Å². The standard InChI is InChI=1S/C17H17ClN2O2S/c1-11-8-14(6-7-15(11)18)20-17(22)13-4-2-12(3-5-13)9-23-10-16(19)21/h2-8H,9-10H2,1H3,(H2,19,21)(H,20,22). The Hall–Kier alpha value is -1.98. The molecule has 2 aromatic carbocycles. The minimum Gasteiger partial charge on any atom is -0.369 e. The zero-order valence-corrected chi connectivity index (χ0v) is 14.2. The van der Waals surface area contributed by atoms with E-state index in [0.29, 0.717) is 22.0 Å². The van der Waals surface area contributed by atoms with Gasteiger partial charge in [0.2, 0.25) is 5.91 Å². The van der Waals surface area contributed by atoms with Crippen molar-refractivity contribution in [1.29, 1.82) is 0 Å². The van der Waals surface area contributed by atoms with Crippen LogP contribution in [-0.2, 0) is 10.5 Å². The number of hydrogen-bond donors (Lipinski definition) is 2. The fourth-order valence-electron chi connectivity index (χ4n) is 1.95. The summed E-state index contributed by atoms with van der Waals surface area (Å²) in [6.07, 6.45) is 0. The van der Waals surface area contributed by atoms with Gasteiger partial charge in [-0.15, -0.1) is 11.8 Å². The van der Waals surface area contributed by atoms with Crippen LogP contribution < -0.4 is 11.1 Å². The number of amides is 2. The molecule has 23 heavy (non-hydrogen) atoms. The number of aryl methyl sites for hydroxylation is 1. The van der Waals surface area contributed by atoms with Gasteiger partial charge in [0.05, 0.1) is 5.75 Å². The first-order chi connectivity index (χ1) is 11.0. The molecule has 0 aliphatic heterocycles. The first-order valence-electron chi connectivity index (χ1n) is 6.98. The molecule has 4 nitrogen and oxygen atoms in total. The zero-order chi connectivity index (χ0) is 16.8. The molecule has 2 rings (SSSR count). The van der Waals surface area contributed by atoms with Gasteiger partial charge in [0.15, 0.2) is 0 Å². The minimum atomic E-state index is -0.329. The molecule has 0 aromatic heterocycles. The van der Waals surface area contributed by atoms with Gasteiger partial charge in [-0.3, -0.25) is 9.59 Å². The molecule has 0 atom stereocenters. The van der Waals surface area contributed by atoms with Crippen LogP contribution in [0.4, 0.5) is 5.69 Å². The second-order valence-corrected chi connectivity index (χ2v) is 6.47. The van der Waals surface area contributed by atoms with E-state index in [9.17, 15) is 9.59 Å². The van der Waals surface area contributed by atoms with Crippen molar-refractivity contribution >= 4 is 40.9 Å². The molecular weight excluding hydrogens is 332 g/mol. The number of primary amides is 1.